The first-order valence-electron chi connectivity index (χ1n) is 9.35. The Hall–Kier alpha value is -3.74. The summed E-state index contributed by atoms with van der Waals surface area (Å²) in [6.07, 6.45) is 0. The van der Waals surface area contributed by atoms with Gasteiger partial charge < -0.3 is 9.88 Å². The smallest absolute Gasteiger partial charge is 0.259 e. The van der Waals surface area contributed by atoms with Gasteiger partial charge in [0.2, 0.25) is 5.91 Å². The molecule has 2 aromatic carbocycles. The Bertz CT molecular complexity index is 1160. The molecule has 146 valence electrons. The zero-order valence-corrected chi connectivity index (χ0v) is 16.0. The van der Waals surface area contributed by atoms with E-state index in [4.69, 9.17) is 0 Å². The van der Waals surface area contributed by atoms with Gasteiger partial charge in [-0.3, -0.25) is 19.3 Å². The minimum Gasteiger partial charge on any atom is -0.334 e. The van der Waals surface area contributed by atoms with Crippen molar-refractivity contribution in [2.45, 2.75) is 13.5 Å². The number of benzene rings is 2. The number of nitrogens with one attached hydrogen (secondary N) is 1. The molecule has 0 bridgehead atoms. The van der Waals surface area contributed by atoms with E-state index in [9.17, 15) is 14.4 Å². The van der Waals surface area contributed by atoms with Crippen LogP contribution in [0.3, 0.4) is 0 Å². The predicted molar refractivity (Wildman–Crippen MR) is 110 cm³/mol. The molecule has 0 unspecified atom stereocenters. The minimum absolute atomic E-state index is 0.113. The third kappa shape index (κ3) is 3.31. The van der Waals surface area contributed by atoms with Gasteiger partial charge in [0, 0.05) is 23.4 Å². The lowest BCUT2D eigenvalue weighted by atomic mass is 10.1. The fraction of sp³-hybridized carbons (Fsp3) is 0.182. The number of likely N-dealkylation sites (N-methyl/N-ethyl adjacent to an activating group) is 1. The second-order valence-corrected chi connectivity index (χ2v) is 6.82. The van der Waals surface area contributed by atoms with Gasteiger partial charge in [0.25, 0.3) is 11.5 Å². The highest BCUT2D eigenvalue weighted by atomic mass is 16.2. The van der Waals surface area contributed by atoms with Crippen LogP contribution in [-0.2, 0) is 11.3 Å². The van der Waals surface area contributed by atoms with E-state index in [1.54, 1.807) is 35.2 Å². The first kappa shape index (κ1) is 18.6. The monoisotopic (exact) mass is 388 g/mol. The lowest BCUT2D eigenvalue weighted by molar-refractivity contribution is -0.131. The molecule has 3 aromatic rings. The summed E-state index contributed by atoms with van der Waals surface area (Å²) in [6, 6.07) is 14.2. The van der Waals surface area contributed by atoms with Crippen molar-refractivity contribution >= 4 is 28.4 Å². The van der Waals surface area contributed by atoms with Crippen molar-refractivity contribution in [3.63, 3.8) is 0 Å². The molecule has 2 heterocycles. The topological polar surface area (TPSA) is 86.4 Å². The molecule has 0 spiro atoms. The lowest BCUT2D eigenvalue weighted by Crippen LogP contribution is -2.40. The summed E-state index contributed by atoms with van der Waals surface area (Å²) in [6.45, 7) is 6.26. The molecule has 0 saturated heterocycles. The summed E-state index contributed by atoms with van der Waals surface area (Å²) in [5, 5.41) is 0.502. The minimum atomic E-state index is -0.245. The summed E-state index contributed by atoms with van der Waals surface area (Å²) in [5.41, 5.74) is 2.15. The summed E-state index contributed by atoms with van der Waals surface area (Å²) < 4.78 is 0. The van der Waals surface area contributed by atoms with Gasteiger partial charge in [-0.05, 0) is 25.1 Å². The van der Waals surface area contributed by atoms with Crippen LogP contribution in [0.1, 0.15) is 28.7 Å². The molecule has 7 heteroatoms. The number of carbonyl (C=O) groups is 2. The van der Waals surface area contributed by atoms with Crippen molar-refractivity contribution in [2.24, 2.45) is 0 Å². The number of H-pyrrole nitrogens is 1. The van der Waals surface area contributed by atoms with Crippen LogP contribution in [-0.4, -0.2) is 44.7 Å². The zero-order valence-electron chi connectivity index (χ0n) is 16.0. The Kier molecular flexibility index (Phi) is 4.72. The summed E-state index contributed by atoms with van der Waals surface area (Å²) in [7, 11) is 0. The van der Waals surface area contributed by atoms with E-state index < -0.39 is 0 Å². The van der Waals surface area contributed by atoms with E-state index in [0.717, 1.165) is 5.56 Å². The van der Waals surface area contributed by atoms with E-state index in [0.29, 0.717) is 34.5 Å². The third-order valence-corrected chi connectivity index (χ3v) is 5.07. The molecule has 0 atom stereocenters. The second-order valence-electron chi connectivity index (χ2n) is 6.82. The normalized spacial score (nSPS) is 13.1. The number of carbonyl (C=O) groups excluding carboxylic acids is 2. The van der Waals surface area contributed by atoms with E-state index in [1.807, 2.05) is 25.1 Å². The van der Waals surface area contributed by atoms with Crippen molar-refractivity contribution in [2.75, 3.05) is 13.1 Å². The molecule has 29 heavy (non-hydrogen) atoms. The van der Waals surface area contributed by atoms with Gasteiger partial charge in [-0.25, -0.2) is 4.98 Å². The van der Waals surface area contributed by atoms with Gasteiger partial charge in [0.1, 0.15) is 12.4 Å². The van der Waals surface area contributed by atoms with Gasteiger partial charge in [-0.15, -0.1) is 0 Å². The first-order valence-corrected chi connectivity index (χ1v) is 9.35. The van der Waals surface area contributed by atoms with Gasteiger partial charge in [0.15, 0.2) is 0 Å². The molecule has 7 nitrogen and oxygen atoms in total. The maximum absolute atomic E-state index is 12.9. The Balaban J connectivity index is 1.53. The van der Waals surface area contributed by atoms with E-state index >= 15 is 0 Å². The number of hydrogen-bond acceptors (Lipinski definition) is 4. The summed E-state index contributed by atoms with van der Waals surface area (Å²) >= 11 is 0. The molecule has 1 aliphatic rings. The molecule has 1 aliphatic heterocycles. The zero-order chi connectivity index (χ0) is 20.5. The molecule has 1 N–H and O–H groups in total. The van der Waals surface area contributed by atoms with Crippen molar-refractivity contribution < 1.29 is 9.59 Å². The van der Waals surface area contributed by atoms with Gasteiger partial charge >= 0.3 is 0 Å². The predicted octanol–water partition coefficient (Wildman–Crippen LogP) is 2.40. The highest BCUT2D eigenvalue weighted by Gasteiger charge is 2.32. The van der Waals surface area contributed by atoms with Crippen LogP contribution in [0.25, 0.3) is 16.6 Å². The Morgan fingerprint density at radius 1 is 1.10 bits per heavy atom. The number of rotatable bonds is 5. The maximum atomic E-state index is 12.9. The molecule has 0 aliphatic carbocycles. The van der Waals surface area contributed by atoms with Gasteiger partial charge in [-0.2, -0.15) is 0 Å². The van der Waals surface area contributed by atoms with Crippen LogP contribution in [0, 0.1) is 0 Å². The maximum Gasteiger partial charge on any atom is 0.259 e. The van der Waals surface area contributed by atoms with Gasteiger partial charge in [-0.1, -0.05) is 36.9 Å². The lowest BCUT2D eigenvalue weighted by Gasteiger charge is -2.24. The Morgan fingerprint density at radius 2 is 1.79 bits per heavy atom. The largest absolute Gasteiger partial charge is 0.334 e. The van der Waals surface area contributed by atoms with Crippen LogP contribution in [0.4, 0.5) is 0 Å². The second kappa shape index (κ2) is 7.35. The molecule has 0 saturated carbocycles. The van der Waals surface area contributed by atoms with Crippen molar-refractivity contribution in [3.8, 4) is 0 Å². The van der Waals surface area contributed by atoms with Crippen LogP contribution < -0.4 is 5.56 Å². The number of aromatic amines is 1. The quantitative estimate of drug-likeness (QED) is 0.727. The number of amides is 2. The number of hydrogen-bond donors (Lipinski definition) is 1. The SMILES string of the molecule is C=C1c2ccccc2C(=O)N1CC(=O)N(CC)Cc1nc2ccccc2c(=O)[nH]1. The highest BCUT2D eigenvalue weighted by Crippen LogP contribution is 2.30. The fourth-order valence-electron chi connectivity index (χ4n) is 3.50. The summed E-state index contributed by atoms with van der Waals surface area (Å²) in [5.74, 6) is -0.0726. The molecule has 0 fully saturated rings. The van der Waals surface area contributed by atoms with Crippen molar-refractivity contribution in [3.05, 3.63) is 82.4 Å². The van der Waals surface area contributed by atoms with Crippen LogP contribution >= 0.6 is 0 Å². The van der Waals surface area contributed by atoms with E-state index in [-0.39, 0.29) is 30.5 Å². The van der Waals surface area contributed by atoms with E-state index in [2.05, 4.69) is 16.5 Å². The Labute approximate surface area is 167 Å². The third-order valence-electron chi connectivity index (χ3n) is 5.07. The molecule has 0 radical (unpaired) electrons. The van der Waals surface area contributed by atoms with E-state index in [1.165, 1.54) is 4.90 Å². The van der Waals surface area contributed by atoms with Crippen molar-refractivity contribution in [1.82, 2.24) is 19.8 Å². The van der Waals surface area contributed by atoms with Crippen LogP contribution in [0.15, 0.2) is 59.9 Å². The molecule has 2 amide bonds. The summed E-state index contributed by atoms with van der Waals surface area (Å²) in [4.78, 5) is 47.9. The van der Waals surface area contributed by atoms with Gasteiger partial charge in [0.05, 0.1) is 17.4 Å². The van der Waals surface area contributed by atoms with Crippen LogP contribution in [0.5, 0.6) is 0 Å². The number of para-hydroxylation sites is 1. The average Bonchev–Trinajstić information content (AvgIpc) is 2.97. The molecule has 1 aromatic heterocycles. The Morgan fingerprint density at radius 3 is 2.52 bits per heavy atom. The average molecular weight is 388 g/mol. The number of aromatic nitrogens is 2. The standard InChI is InChI=1S/C22H20N4O3/c1-3-25(12-19-23-18-11-7-6-10-17(18)21(28)24-19)20(27)13-26-14(2)15-8-4-5-9-16(15)22(26)29/h4-11H,2-3,12-13H2,1H3,(H,23,24,28). The fourth-order valence-corrected chi connectivity index (χ4v) is 3.50. The number of nitrogens with zero attached hydrogens (tertiary/aromatic N) is 3. The highest BCUT2D eigenvalue weighted by molar-refractivity contribution is 6.10. The molecule has 4 rings (SSSR count). The van der Waals surface area contributed by atoms with Crippen LogP contribution in [0.2, 0.25) is 0 Å². The molecular weight excluding hydrogens is 368 g/mol. The van der Waals surface area contributed by atoms with Crippen molar-refractivity contribution in [1.29, 1.82) is 0 Å². The molecular formula is C22H20N4O3. The first-order chi connectivity index (χ1) is 14.0. The number of fused-ring (bicyclic) bond motifs is 2.